The standard InChI is InChI=1S/C22H18ClN3O5/c1-22(9-13-5-6-17-18(7-13)31-12-30-17)20(27)26(21(28)25-22)10-16-11-29-19(24-16)14-3-2-4-15(23)8-14/h2-8,11H,9-10,12H2,1H3,(H,25,28). The van der Waals surface area contributed by atoms with Crippen LogP contribution in [0.1, 0.15) is 18.2 Å². The molecule has 1 atom stereocenters. The zero-order valence-corrected chi connectivity index (χ0v) is 17.3. The molecule has 158 valence electrons. The molecule has 31 heavy (non-hydrogen) atoms. The molecule has 1 N–H and O–H groups in total. The Balaban J connectivity index is 1.32. The number of urea groups is 1. The minimum atomic E-state index is -1.08. The van der Waals surface area contributed by atoms with Crippen molar-refractivity contribution in [1.82, 2.24) is 15.2 Å². The Labute approximate surface area is 182 Å². The molecule has 2 aliphatic rings. The topological polar surface area (TPSA) is 93.9 Å². The van der Waals surface area contributed by atoms with E-state index in [0.29, 0.717) is 40.1 Å². The molecule has 0 saturated carbocycles. The van der Waals surface area contributed by atoms with Crippen LogP contribution in [0, 0.1) is 0 Å². The maximum Gasteiger partial charge on any atom is 0.325 e. The summed E-state index contributed by atoms with van der Waals surface area (Å²) >= 11 is 6.02. The van der Waals surface area contributed by atoms with E-state index >= 15 is 0 Å². The number of hydrogen-bond donors (Lipinski definition) is 1. The zero-order valence-electron chi connectivity index (χ0n) is 16.6. The summed E-state index contributed by atoms with van der Waals surface area (Å²) in [6, 6.07) is 12.1. The number of imide groups is 1. The van der Waals surface area contributed by atoms with Gasteiger partial charge < -0.3 is 19.2 Å². The second kappa shape index (κ2) is 7.31. The molecule has 0 bridgehead atoms. The highest BCUT2D eigenvalue weighted by Gasteiger charge is 2.48. The molecule has 1 unspecified atom stereocenters. The van der Waals surface area contributed by atoms with E-state index in [4.69, 9.17) is 25.5 Å². The predicted molar refractivity (Wildman–Crippen MR) is 111 cm³/mol. The van der Waals surface area contributed by atoms with Gasteiger partial charge in [-0.05, 0) is 42.8 Å². The number of fused-ring (bicyclic) bond motifs is 1. The Morgan fingerprint density at radius 1 is 1.16 bits per heavy atom. The predicted octanol–water partition coefficient (Wildman–Crippen LogP) is 3.78. The molecule has 0 spiro atoms. The van der Waals surface area contributed by atoms with Crippen molar-refractivity contribution in [2.24, 2.45) is 0 Å². The number of amides is 3. The van der Waals surface area contributed by atoms with Crippen molar-refractivity contribution < 1.29 is 23.5 Å². The number of halogens is 1. The molecule has 1 fully saturated rings. The number of aromatic nitrogens is 1. The van der Waals surface area contributed by atoms with Crippen LogP contribution in [0.3, 0.4) is 0 Å². The first-order chi connectivity index (χ1) is 14.9. The van der Waals surface area contributed by atoms with E-state index < -0.39 is 11.6 Å². The van der Waals surface area contributed by atoms with Crippen LogP contribution in [0.2, 0.25) is 5.02 Å². The molecule has 9 heteroatoms. The molecule has 3 amide bonds. The van der Waals surface area contributed by atoms with Crippen molar-refractivity contribution in [3.63, 3.8) is 0 Å². The summed E-state index contributed by atoms with van der Waals surface area (Å²) in [5, 5.41) is 3.36. The SMILES string of the molecule is CC1(Cc2ccc3c(c2)OCO3)NC(=O)N(Cc2coc(-c3cccc(Cl)c3)n2)C1=O. The van der Waals surface area contributed by atoms with Gasteiger partial charge in [-0.1, -0.05) is 23.7 Å². The number of rotatable bonds is 5. The lowest BCUT2D eigenvalue weighted by atomic mass is 9.92. The van der Waals surface area contributed by atoms with Gasteiger partial charge >= 0.3 is 6.03 Å². The molecule has 1 aromatic heterocycles. The average molecular weight is 440 g/mol. The third-order valence-electron chi connectivity index (χ3n) is 5.28. The average Bonchev–Trinajstić information content (AvgIpc) is 3.44. The molecule has 3 heterocycles. The van der Waals surface area contributed by atoms with E-state index in [-0.39, 0.29) is 19.2 Å². The lowest BCUT2D eigenvalue weighted by Crippen LogP contribution is -2.45. The number of oxazole rings is 1. The molecule has 5 rings (SSSR count). The molecule has 2 aliphatic heterocycles. The normalized spacial score (nSPS) is 19.7. The van der Waals surface area contributed by atoms with Crippen molar-refractivity contribution in [3.05, 3.63) is 65.0 Å². The zero-order chi connectivity index (χ0) is 21.6. The van der Waals surface area contributed by atoms with Crippen molar-refractivity contribution in [1.29, 1.82) is 0 Å². The van der Waals surface area contributed by atoms with Gasteiger partial charge in [0, 0.05) is 17.0 Å². The third kappa shape index (κ3) is 3.59. The van der Waals surface area contributed by atoms with Gasteiger partial charge in [0.25, 0.3) is 5.91 Å². The molecular weight excluding hydrogens is 422 g/mol. The van der Waals surface area contributed by atoms with Crippen molar-refractivity contribution in [2.45, 2.75) is 25.4 Å². The highest BCUT2D eigenvalue weighted by Crippen LogP contribution is 2.34. The third-order valence-corrected chi connectivity index (χ3v) is 5.52. The van der Waals surface area contributed by atoms with Crippen LogP contribution in [0.15, 0.2) is 53.1 Å². The van der Waals surface area contributed by atoms with Gasteiger partial charge in [-0.3, -0.25) is 9.69 Å². The van der Waals surface area contributed by atoms with Gasteiger partial charge in [-0.15, -0.1) is 0 Å². The second-order valence-electron chi connectivity index (χ2n) is 7.67. The Kier molecular flexibility index (Phi) is 4.59. The summed E-state index contributed by atoms with van der Waals surface area (Å²) in [5.41, 5.74) is 0.950. The summed E-state index contributed by atoms with van der Waals surface area (Å²) in [5.74, 6) is 1.33. The minimum Gasteiger partial charge on any atom is -0.454 e. The van der Waals surface area contributed by atoms with Gasteiger partial charge in [0.2, 0.25) is 12.7 Å². The molecular formula is C22H18ClN3O5. The number of ether oxygens (including phenoxy) is 2. The van der Waals surface area contributed by atoms with Crippen molar-refractivity contribution in [3.8, 4) is 23.0 Å². The highest BCUT2D eigenvalue weighted by molar-refractivity contribution is 6.30. The maximum absolute atomic E-state index is 13.1. The number of carbonyl (C=O) groups excluding carboxylic acids is 2. The molecule has 8 nitrogen and oxygen atoms in total. The summed E-state index contributed by atoms with van der Waals surface area (Å²) in [6.07, 6.45) is 1.75. The lowest BCUT2D eigenvalue weighted by Gasteiger charge is -2.21. The van der Waals surface area contributed by atoms with Crippen LogP contribution in [0.4, 0.5) is 4.79 Å². The molecule has 0 aliphatic carbocycles. The van der Waals surface area contributed by atoms with Gasteiger partial charge in [0.1, 0.15) is 11.8 Å². The largest absolute Gasteiger partial charge is 0.454 e. The first kappa shape index (κ1) is 19.4. The minimum absolute atomic E-state index is 0.00542. The monoisotopic (exact) mass is 439 g/mol. The number of nitrogens with zero attached hydrogens (tertiary/aromatic N) is 2. The fourth-order valence-electron chi connectivity index (χ4n) is 3.77. The van der Waals surface area contributed by atoms with Gasteiger partial charge in [0.05, 0.1) is 12.2 Å². The van der Waals surface area contributed by atoms with Crippen LogP contribution in [-0.2, 0) is 17.8 Å². The number of benzene rings is 2. The van der Waals surface area contributed by atoms with E-state index in [1.807, 2.05) is 18.2 Å². The van der Waals surface area contributed by atoms with Crippen LogP contribution >= 0.6 is 11.6 Å². The van der Waals surface area contributed by atoms with Gasteiger partial charge in [0.15, 0.2) is 11.5 Å². The number of carbonyl (C=O) groups is 2. The Bertz CT molecular complexity index is 1190. The fraction of sp³-hybridized carbons (Fsp3) is 0.227. The molecule has 1 saturated heterocycles. The first-order valence-electron chi connectivity index (χ1n) is 9.64. The number of hydrogen-bond acceptors (Lipinski definition) is 6. The summed E-state index contributed by atoms with van der Waals surface area (Å²) in [6.45, 7) is 1.89. The van der Waals surface area contributed by atoms with E-state index in [1.54, 1.807) is 31.2 Å². The van der Waals surface area contributed by atoms with Crippen LogP contribution < -0.4 is 14.8 Å². The summed E-state index contributed by atoms with van der Waals surface area (Å²) in [4.78, 5) is 31.2. The van der Waals surface area contributed by atoms with E-state index in [9.17, 15) is 9.59 Å². The van der Waals surface area contributed by atoms with Gasteiger partial charge in [-0.25, -0.2) is 9.78 Å². The van der Waals surface area contributed by atoms with Crippen LogP contribution in [0.5, 0.6) is 11.5 Å². The molecule has 2 aromatic carbocycles. The highest BCUT2D eigenvalue weighted by atomic mass is 35.5. The van der Waals surface area contributed by atoms with Crippen LogP contribution in [0.25, 0.3) is 11.5 Å². The van der Waals surface area contributed by atoms with E-state index in [2.05, 4.69) is 10.3 Å². The van der Waals surface area contributed by atoms with Gasteiger partial charge in [-0.2, -0.15) is 0 Å². The van der Waals surface area contributed by atoms with E-state index in [0.717, 1.165) is 10.5 Å². The quantitative estimate of drug-likeness (QED) is 0.608. The van der Waals surface area contributed by atoms with Crippen LogP contribution in [-0.4, -0.2) is 34.2 Å². The number of nitrogens with one attached hydrogen (secondary N) is 1. The smallest absolute Gasteiger partial charge is 0.325 e. The first-order valence-corrected chi connectivity index (χ1v) is 10.0. The van der Waals surface area contributed by atoms with E-state index in [1.165, 1.54) is 6.26 Å². The van der Waals surface area contributed by atoms with Crippen molar-refractivity contribution in [2.75, 3.05) is 6.79 Å². The Morgan fingerprint density at radius 3 is 2.84 bits per heavy atom. The summed E-state index contributed by atoms with van der Waals surface area (Å²) < 4.78 is 16.2. The molecule has 0 radical (unpaired) electrons. The fourth-order valence-corrected chi connectivity index (χ4v) is 3.96. The Morgan fingerprint density at radius 2 is 2.00 bits per heavy atom. The molecule has 3 aromatic rings. The Hall–Kier alpha value is -3.52. The maximum atomic E-state index is 13.1. The second-order valence-corrected chi connectivity index (χ2v) is 8.11. The van der Waals surface area contributed by atoms with Crippen molar-refractivity contribution >= 4 is 23.5 Å². The summed E-state index contributed by atoms with van der Waals surface area (Å²) in [7, 11) is 0. The lowest BCUT2D eigenvalue weighted by molar-refractivity contribution is -0.131.